The second-order valence-electron chi connectivity index (χ2n) is 3.98. The summed E-state index contributed by atoms with van der Waals surface area (Å²) in [4.78, 5) is 11.6. The van der Waals surface area contributed by atoms with Crippen LogP contribution in [0, 0.1) is 13.8 Å². The molecule has 1 N–H and O–H groups in total. The van der Waals surface area contributed by atoms with Crippen molar-refractivity contribution >= 4 is 22.4 Å². The predicted octanol–water partition coefficient (Wildman–Crippen LogP) is 2.78. The molecule has 1 aromatic heterocycles. The number of carbonyl (C=O) groups excluding carboxylic acids is 1. The first-order valence-electron chi connectivity index (χ1n) is 5.56. The van der Waals surface area contributed by atoms with Crippen LogP contribution in [0.4, 0.5) is 5.00 Å². The highest BCUT2D eigenvalue weighted by Gasteiger charge is 2.05. The van der Waals surface area contributed by atoms with Gasteiger partial charge in [0.05, 0.1) is 5.69 Å². The van der Waals surface area contributed by atoms with E-state index in [4.69, 9.17) is 4.74 Å². The van der Waals surface area contributed by atoms with Crippen LogP contribution in [0.5, 0.6) is 5.75 Å². The van der Waals surface area contributed by atoms with E-state index >= 15 is 0 Å². The topological polar surface area (TPSA) is 51.2 Å². The van der Waals surface area contributed by atoms with Crippen LogP contribution in [0.25, 0.3) is 0 Å². The van der Waals surface area contributed by atoms with Crippen molar-refractivity contribution in [1.82, 2.24) is 4.37 Å². The van der Waals surface area contributed by atoms with Gasteiger partial charge in [-0.15, -0.1) is 0 Å². The Bertz CT molecular complexity index is 534. The van der Waals surface area contributed by atoms with Gasteiger partial charge in [0.2, 0.25) is 0 Å². The van der Waals surface area contributed by atoms with E-state index in [0.717, 1.165) is 16.3 Å². The summed E-state index contributed by atoms with van der Waals surface area (Å²) in [5.41, 5.74) is 2.06. The lowest BCUT2D eigenvalue weighted by Crippen LogP contribution is -2.19. The minimum atomic E-state index is -0.181. The number of nitrogens with one attached hydrogen (secondary N) is 1. The molecule has 1 heterocycles. The summed E-state index contributed by atoms with van der Waals surface area (Å²) in [6.45, 7) is 3.89. The van der Waals surface area contributed by atoms with E-state index in [9.17, 15) is 4.79 Å². The van der Waals surface area contributed by atoms with Crippen LogP contribution in [0.15, 0.2) is 30.3 Å². The zero-order valence-electron chi connectivity index (χ0n) is 10.3. The van der Waals surface area contributed by atoms with Crippen molar-refractivity contribution in [3.8, 4) is 5.75 Å². The molecule has 0 fully saturated rings. The Morgan fingerprint density at radius 2 is 2.06 bits per heavy atom. The van der Waals surface area contributed by atoms with Gasteiger partial charge in [0.25, 0.3) is 5.91 Å². The average Bonchev–Trinajstić information content (AvgIpc) is 2.74. The summed E-state index contributed by atoms with van der Waals surface area (Å²) in [5, 5.41) is 3.48. The van der Waals surface area contributed by atoms with Crippen molar-refractivity contribution in [2.24, 2.45) is 0 Å². The number of ether oxygens (including phenoxy) is 1. The van der Waals surface area contributed by atoms with Crippen LogP contribution in [0.3, 0.4) is 0 Å². The standard InChI is InChI=1S/C13H14N2O2S/c1-9-3-5-11(6-4-9)17-8-12(16)14-13-7-10(2)15-18-13/h3-7H,8H2,1-2H3,(H,14,16). The summed E-state index contributed by atoms with van der Waals surface area (Å²) in [6, 6.07) is 9.41. The van der Waals surface area contributed by atoms with Crippen molar-refractivity contribution in [3.63, 3.8) is 0 Å². The minimum absolute atomic E-state index is 0.00000850. The van der Waals surface area contributed by atoms with Crippen molar-refractivity contribution in [3.05, 3.63) is 41.6 Å². The first kappa shape index (κ1) is 12.6. The van der Waals surface area contributed by atoms with Gasteiger partial charge in [-0.3, -0.25) is 4.79 Å². The molecule has 0 spiro atoms. The zero-order valence-corrected chi connectivity index (χ0v) is 11.1. The highest BCUT2D eigenvalue weighted by atomic mass is 32.1. The summed E-state index contributed by atoms with van der Waals surface area (Å²) in [6.07, 6.45) is 0. The van der Waals surface area contributed by atoms with Crippen LogP contribution in [0.2, 0.25) is 0 Å². The van der Waals surface area contributed by atoms with Gasteiger partial charge in [0, 0.05) is 0 Å². The smallest absolute Gasteiger partial charge is 0.262 e. The molecule has 0 bridgehead atoms. The molecule has 0 aliphatic heterocycles. The molecular formula is C13H14N2O2S. The van der Waals surface area contributed by atoms with Gasteiger partial charge in [-0.05, 0) is 43.6 Å². The number of hydrogen-bond donors (Lipinski definition) is 1. The fourth-order valence-corrected chi connectivity index (χ4v) is 2.06. The fraction of sp³-hybridized carbons (Fsp3) is 0.231. The lowest BCUT2D eigenvalue weighted by atomic mass is 10.2. The molecule has 0 aliphatic rings. The number of amides is 1. The molecule has 0 saturated heterocycles. The second-order valence-corrected chi connectivity index (χ2v) is 4.79. The van der Waals surface area contributed by atoms with Gasteiger partial charge in [0.1, 0.15) is 10.8 Å². The monoisotopic (exact) mass is 262 g/mol. The van der Waals surface area contributed by atoms with Crippen molar-refractivity contribution < 1.29 is 9.53 Å². The van der Waals surface area contributed by atoms with Crippen LogP contribution in [0.1, 0.15) is 11.3 Å². The average molecular weight is 262 g/mol. The summed E-state index contributed by atoms with van der Waals surface area (Å²) < 4.78 is 9.46. The Morgan fingerprint density at radius 1 is 1.33 bits per heavy atom. The third-order valence-electron chi connectivity index (χ3n) is 2.28. The van der Waals surface area contributed by atoms with E-state index in [1.54, 1.807) is 0 Å². The van der Waals surface area contributed by atoms with Crippen LogP contribution in [-0.4, -0.2) is 16.9 Å². The summed E-state index contributed by atoms with van der Waals surface area (Å²) >= 11 is 1.26. The summed E-state index contributed by atoms with van der Waals surface area (Å²) in [7, 11) is 0. The van der Waals surface area contributed by atoms with Gasteiger partial charge in [-0.1, -0.05) is 17.7 Å². The molecule has 0 unspecified atom stereocenters. The zero-order chi connectivity index (χ0) is 13.0. The van der Waals surface area contributed by atoms with Crippen molar-refractivity contribution in [1.29, 1.82) is 0 Å². The number of aromatic nitrogens is 1. The van der Waals surface area contributed by atoms with Crippen molar-refractivity contribution in [2.45, 2.75) is 13.8 Å². The SMILES string of the molecule is Cc1ccc(OCC(=O)Nc2cc(C)ns2)cc1. The molecule has 5 heteroatoms. The number of benzene rings is 1. The number of hydrogen-bond acceptors (Lipinski definition) is 4. The number of carbonyl (C=O) groups is 1. The van der Waals surface area contributed by atoms with E-state index in [1.807, 2.05) is 44.2 Å². The van der Waals surface area contributed by atoms with E-state index in [0.29, 0.717) is 5.75 Å². The molecule has 1 aromatic carbocycles. The maximum Gasteiger partial charge on any atom is 0.262 e. The normalized spacial score (nSPS) is 10.1. The van der Waals surface area contributed by atoms with Crippen LogP contribution >= 0.6 is 11.5 Å². The highest BCUT2D eigenvalue weighted by Crippen LogP contribution is 2.15. The number of anilines is 1. The minimum Gasteiger partial charge on any atom is -0.484 e. The van der Waals surface area contributed by atoms with Crippen LogP contribution in [-0.2, 0) is 4.79 Å². The Balaban J connectivity index is 1.83. The van der Waals surface area contributed by atoms with Gasteiger partial charge in [-0.25, -0.2) is 0 Å². The maximum atomic E-state index is 11.6. The third kappa shape index (κ3) is 3.56. The first-order valence-corrected chi connectivity index (χ1v) is 6.33. The number of aryl methyl sites for hydroxylation is 2. The number of nitrogens with zero attached hydrogens (tertiary/aromatic N) is 1. The first-order chi connectivity index (χ1) is 8.63. The molecule has 1 amide bonds. The summed E-state index contributed by atoms with van der Waals surface area (Å²) in [5.74, 6) is 0.510. The lowest BCUT2D eigenvalue weighted by molar-refractivity contribution is -0.118. The van der Waals surface area contributed by atoms with E-state index in [1.165, 1.54) is 11.5 Å². The number of rotatable bonds is 4. The molecule has 2 rings (SSSR count). The van der Waals surface area contributed by atoms with E-state index < -0.39 is 0 Å². The predicted molar refractivity (Wildman–Crippen MR) is 72.2 cm³/mol. The van der Waals surface area contributed by atoms with Crippen LogP contribution < -0.4 is 10.1 Å². The molecule has 94 valence electrons. The molecule has 2 aromatic rings. The van der Waals surface area contributed by atoms with Gasteiger partial charge in [-0.2, -0.15) is 4.37 Å². The molecule has 0 aliphatic carbocycles. The van der Waals surface area contributed by atoms with E-state index in [2.05, 4.69) is 9.69 Å². The highest BCUT2D eigenvalue weighted by molar-refractivity contribution is 7.10. The molecule has 0 atom stereocenters. The fourth-order valence-electron chi connectivity index (χ4n) is 1.38. The Hall–Kier alpha value is -1.88. The molecule has 18 heavy (non-hydrogen) atoms. The Labute approximate surface area is 110 Å². The molecular weight excluding hydrogens is 248 g/mol. The van der Waals surface area contributed by atoms with Gasteiger partial charge in [0.15, 0.2) is 6.61 Å². The molecule has 0 saturated carbocycles. The maximum absolute atomic E-state index is 11.6. The van der Waals surface area contributed by atoms with Gasteiger partial charge >= 0.3 is 0 Å². The third-order valence-corrected chi connectivity index (χ3v) is 3.08. The molecule has 4 nitrogen and oxygen atoms in total. The molecule has 0 radical (unpaired) electrons. The Morgan fingerprint density at radius 3 is 2.67 bits per heavy atom. The van der Waals surface area contributed by atoms with Gasteiger partial charge < -0.3 is 10.1 Å². The largest absolute Gasteiger partial charge is 0.484 e. The quantitative estimate of drug-likeness (QED) is 0.921. The Kier molecular flexibility index (Phi) is 3.94. The van der Waals surface area contributed by atoms with E-state index in [-0.39, 0.29) is 12.5 Å². The lowest BCUT2D eigenvalue weighted by Gasteiger charge is -2.06. The second kappa shape index (κ2) is 5.64. The van der Waals surface area contributed by atoms with Crippen molar-refractivity contribution in [2.75, 3.05) is 11.9 Å².